The standard InChI is InChI=1S/C22H42N2O5S2/c1-2-3-4-5-6-7-8-9-10-11-12-13-14-15-20(25)24-19(22(28)29)17-31-30-16-18(23)21(26)27/h18-19H,2-17,23H2,1H3,(H,24,25)(H,26,27)(H,28,29). The van der Waals surface area contributed by atoms with Gasteiger partial charge in [0.15, 0.2) is 0 Å². The number of carbonyl (C=O) groups is 3. The number of carboxylic acids is 2. The molecule has 0 heterocycles. The highest BCUT2D eigenvalue weighted by Gasteiger charge is 2.20. The van der Waals surface area contributed by atoms with Crippen LogP contribution in [-0.2, 0) is 14.4 Å². The molecule has 0 aliphatic heterocycles. The molecular formula is C22H42N2O5S2. The number of nitrogens with two attached hydrogens (primary N) is 1. The fourth-order valence-corrected chi connectivity index (χ4v) is 5.32. The molecule has 0 aliphatic rings. The summed E-state index contributed by atoms with van der Waals surface area (Å²) in [6.07, 6.45) is 16.4. The van der Waals surface area contributed by atoms with E-state index in [9.17, 15) is 19.5 Å². The summed E-state index contributed by atoms with van der Waals surface area (Å²) in [6.45, 7) is 2.24. The maximum Gasteiger partial charge on any atom is 0.327 e. The number of amides is 1. The second-order valence-electron chi connectivity index (χ2n) is 7.96. The van der Waals surface area contributed by atoms with E-state index in [-0.39, 0.29) is 17.4 Å². The molecule has 0 aromatic carbocycles. The second kappa shape index (κ2) is 20.9. The van der Waals surface area contributed by atoms with Gasteiger partial charge in [-0.1, -0.05) is 106 Å². The number of nitrogens with one attached hydrogen (secondary N) is 1. The van der Waals surface area contributed by atoms with Gasteiger partial charge in [-0.3, -0.25) is 9.59 Å². The van der Waals surface area contributed by atoms with Crippen LogP contribution < -0.4 is 11.1 Å². The number of hydrogen-bond acceptors (Lipinski definition) is 6. The minimum Gasteiger partial charge on any atom is -0.480 e. The molecule has 7 nitrogen and oxygen atoms in total. The van der Waals surface area contributed by atoms with Crippen LogP contribution >= 0.6 is 21.6 Å². The highest BCUT2D eigenvalue weighted by molar-refractivity contribution is 8.76. The van der Waals surface area contributed by atoms with Crippen molar-refractivity contribution in [2.75, 3.05) is 11.5 Å². The molecule has 31 heavy (non-hydrogen) atoms. The predicted octanol–water partition coefficient (Wildman–Crippen LogP) is 4.83. The van der Waals surface area contributed by atoms with Crippen molar-refractivity contribution in [3.8, 4) is 0 Å². The summed E-state index contributed by atoms with van der Waals surface area (Å²) >= 11 is 0. The first kappa shape index (κ1) is 30.1. The lowest BCUT2D eigenvalue weighted by Gasteiger charge is -2.14. The van der Waals surface area contributed by atoms with Gasteiger partial charge >= 0.3 is 11.9 Å². The van der Waals surface area contributed by atoms with Crippen LogP contribution in [0.25, 0.3) is 0 Å². The average molecular weight is 479 g/mol. The number of carbonyl (C=O) groups excluding carboxylic acids is 1. The van der Waals surface area contributed by atoms with Crippen LogP contribution in [0.3, 0.4) is 0 Å². The summed E-state index contributed by atoms with van der Waals surface area (Å²) in [4.78, 5) is 34.0. The average Bonchev–Trinajstić information content (AvgIpc) is 2.73. The molecule has 9 heteroatoms. The lowest BCUT2D eigenvalue weighted by atomic mass is 10.0. The van der Waals surface area contributed by atoms with Gasteiger partial charge in [0.2, 0.25) is 5.91 Å². The van der Waals surface area contributed by atoms with E-state index < -0.39 is 24.0 Å². The quantitative estimate of drug-likeness (QED) is 0.129. The fourth-order valence-electron chi connectivity index (χ4n) is 3.05. The van der Waals surface area contributed by atoms with Gasteiger partial charge in [-0.05, 0) is 6.42 Å². The van der Waals surface area contributed by atoms with Crippen molar-refractivity contribution < 1.29 is 24.6 Å². The minimum atomic E-state index is -1.09. The lowest BCUT2D eigenvalue weighted by molar-refractivity contribution is -0.141. The molecule has 0 aromatic heterocycles. The summed E-state index contributed by atoms with van der Waals surface area (Å²) in [5.74, 6) is -2.08. The SMILES string of the molecule is CCCCCCCCCCCCCCCC(=O)NC(CSSCC(N)C(=O)O)C(=O)O. The Morgan fingerprint density at radius 1 is 0.742 bits per heavy atom. The van der Waals surface area contributed by atoms with Crippen molar-refractivity contribution in [3.63, 3.8) is 0 Å². The topological polar surface area (TPSA) is 130 Å². The van der Waals surface area contributed by atoms with Crippen molar-refractivity contribution in [2.45, 2.75) is 109 Å². The lowest BCUT2D eigenvalue weighted by Crippen LogP contribution is -2.42. The van der Waals surface area contributed by atoms with E-state index in [2.05, 4.69) is 12.2 Å². The van der Waals surface area contributed by atoms with E-state index >= 15 is 0 Å². The Labute approximate surface area is 195 Å². The summed E-state index contributed by atoms with van der Waals surface area (Å²) in [5.41, 5.74) is 5.39. The molecule has 1 amide bonds. The van der Waals surface area contributed by atoms with Crippen molar-refractivity contribution >= 4 is 39.4 Å². The molecule has 0 aliphatic carbocycles. The van der Waals surface area contributed by atoms with Gasteiger partial charge in [-0.15, -0.1) is 0 Å². The predicted molar refractivity (Wildman–Crippen MR) is 130 cm³/mol. The zero-order valence-corrected chi connectivity index (χ0v) is 20.6. The highest BCUT2D eigenvalue weighted by Crippen LogP contribution is 2.22. The third-order valence-corrected chi connectivity index (χ3v) is 7.47. The smallest absolute Gasteiger partial charge is 0.327 e. The number of aliphatic carboxylic acids is 2. The zero-order chi connectivity index (χ0) is 23.3. The largest absolute Gasteiger partial charge is 0.480 e. The Hall–Kier alpha value is -0.930. The van der Waals surface area contributed by atoms with Gasteiger partial charge in [0.1, 0.15) is 12.1 Å². The maximum atomic E-state index is 12.0. The van der Waals surface area contributed by atoms with E-state index in [4.69, 9.17) is 10.8 Å². The monoisotopic (exact) mass is 478 g/mol. The van der Waals surface area contributed by atoms with Crippen LogP contribution in [0.2, 0.25) is 0 Å². The summed E-state index contributed by atoms with van der Waals surface area (Å²) in [6, 6.07) is -1.96. The van der Waals surface area contributed by atoms with Gasteiger partial charge in [0, 0.05) is 17.9 Å². The Kier molecular flexibility index (Phi) is 20.3. The third-order valence-electron chi connectivity index (χ3n) is 5.02. The van der Waals surface area contributed by atoms with Crippen molar-refractivity contribution in [1.82, 2.24) is 5.32 Å². The van der Waals surface area contributed by atoms with Crippen molar-refractivity contribution in [2.24, 2.45) is 5.73 Å². The van der Waals surface area contributed by atoms with Gasteiger partial charge < -0.3 is 21.3 Å². The van der Waals surface area contributed by atoms with Gasteiger partial charge in [-0.25, -0.2) is 4.79 Å². The molecule has 0 aromatic rings. The van der Waals surface area contributed by atoms with Crippen LogP contribution in [0.5, 0.6) is 0 Å². The number of unbranched alkanes of at least 4 members (excludes halogenated alkanes) is 12. The Morgan fingerprint density at radius 2 is 1.19 bits per heavy atom. The first-order valence-corrected chi connectivity index (χ1v) is 14.1. The van der Waals surface area contributed by atoms with Crippen LogP contribution in [0.1, 0.15) is 96.8 Å². The molecule has 0 saturated heterocycles. The first-order chi connectivity index (χ1) is 14.9. The highest BCUT2D eigenvalue weighted by atomic mass is 33.1. The van der Waals surface area contributed by atoms with Crippen LogP contribution in [0.4, 0.5) is 0 Å². The third kappa shape index (κ3) is 19.5. The minimum absolute atomic E-state index is 0.163. The summed E-state index contributed by atoms with van der Waals surface area (Å²) in [7, 11) is 2.40. The fraction of sp³-hybridized carbons (Fsp3) is 0.864. The molecule has 182 valence electrons. The molecule has 0 bridgehead atoms. The molecule has 2 atom stereocenters. The van der Waals surface area contributed by atoms with Gasteiger partial charge in [-0.2, -0.15) is 0 Å². The normalized spacial score (nSPS) is 13.0. The zero-order valence-electron chi connectivity index (χ0n) is 19.0. The molecule has 0 saturated carbocycles. The Morgan fingerprint density at radius 3 is 1.65 bits per heavy atom. The van der Waals surface area contributed by atoms with Crippen LogP contribution in [0, 0.1) is 0 Å². The van der Waals surface area contributed by atoms with E-state index in [1.165, 1.54) is 85.8 Å². The maximum absolute atomic E-state index is 12.0. The van der Waals surface area contributed by atoms with Gasteiger partial charge in [0.05, 0.1) is 0 Å². The first-order valence-electron chi connectivity index (χ1n) is 11.6. The van der Waals surface area contributed by atoms with Crippen molar-refractivity contribution in [3.05, 3.63) is 0 Å². The summed E-state index contributed by atoms with van der Waals surface area (Å²) in [5, 5.41) is 20.5. The van der Waals surface area contributed by atoms with Crippen LogP contribution in [0.15, 0.2) is 0 Å². The molecule has 5 N–H and O–H groups in total. The molecule has 0 fully saturated rings. The van der Waals surface area contributed by atoms with E-state index in [1.807, 2.05) is 0 Å². The van der Waals surface area contributed by atoms with E-state index in [1.54, 1.807) is 0 Å². The second-order valence-corrected chi connectivity index (χ2v) is 10.5. The van der Waals surface area contributed by atoms with Gasteiger partial charge in [0.25, 0.3) is 0 Å². The molecular weight excluding hydrogens is 436 g/mol. The van der Waals surface area contributed by atoms with Crippen molar-refractivity contribution in [1.29, 1.82) is 0 Å². The summed E-state index contributed by atoms with van der Waals surface area (Å²) < 4.78 is 0. The Bertz CT molecular complexity index is 495. The van der Waals surface area contributed by atoms with E-state index in [0.717, 1.165) is 19.3 Å². The Balaban J connectivity index is 3.66. The molecule has 0 spiro atoms. The number of rotatable bonds is 22. The number of hydrogen-bond donors (Lipinski definition) is 4. The van der Waals surface area contributed by atoms with E-state index in [0.29, 0.717) is 6.42 Å². The molecule has 0 radical (unpaired) electrons. The van der Waals surface area contributed by atoms with Crippen LogP contribution in [-0.4, -0.2) is 51.6 Å². The molecule has 0 rings (SSSR count). The number of carboxylic acid groups (broad SMARTS) is 2. The molecule has 2 unspecified atom stereocenters.